The molecule has 3 rings (SSSR count). The number of aromatic carboxylic acids is 2. The highest BCUT2D eigenvalue weighted by atomic mass is 19.4. The fourth-order valence-electron chi connectivity index (χ4n) is 3.48. The molecule has 0 spiro atoms. The topological polar surface area (TPSA) is 83.8 Å². The third-order valence-corrected chi connectivity index (χ3v) is 4.83. The number of rotatable bonds is 6. The zero-order chi connectivity index (χ0) is 22.8. The molecule has 0 unspecified atom stereocenters. The Morgan fingerprint density at radius 1 is 0.742 bits per heavy atom. The number of carboxylic acids is 2. The van der Waals surface area contributed by atoms with Crippen molar-refractivity contribution >= 4 is 11.9 Å². The maximum absolute atomic E-state index is 13.8. The lowest BCUT2D eigenvalue weighted by Crippen LogP contribution is -2.36. The lowest BCUT2D eigenvalue weighted by Gasteiger charge is -2.35. The van der Waals surface area contributed by atoms with Crippen LogP contribution in [0.4, 0.5) is 13.2 Å². The fraction of sp³-hybridized carbons (Fsp3) is 0.130. The number of carboxylic acid groups (broad SMARTS) is 2. The Morgan fingerprint density at radius 3 is 1.84 bits per heavy atom. The van der Waals surface area contributed by atoms with Crippen LogP contribution in [0.15, 0.2) is 72.8 Å². The van der Waals surface area contributed by atoms with Crippen LogP contribution in [-0.4, -0.2) is 22.2 Å². The molecule has 0 aliphatic carbocycles. The van der Waals surface area contributed by atoms with Gasteiger partial charge in [-0.1, -0.05) is 48.5 Å². The molecule has 0 aromatic heterocycles. The third-order valence-electron chi connectivity index (χ3n) is 4.83. The molecule has 1 atom stereocenters. The molecule has 0 aliphatic heterocycles. The highest BCUT2D eigenvalue weighted by Gasteiger charge is 2.44. The molecule has 8 heteroatoms. The van der Waals surface area contributed by atoms with Crippen LogP contribution in [0.5, 0.6) is 5.75 Å². The van der Waals surface area contributed by atoms with Gasteiger partial charge in [-0.3, -0.25) is 0 Å². The second-order valence-corrected chi connectivity index (χ2v) is 6.83. The van der Waals surface area contributed by atoms with Gasteiger partial charge < -0.3 is 14.9 Å². The Labute approximate surface area is 175 Å². The van der Waals surface area contributed by atoms with Crippen molar-refractivity contribution in [1.29, 1.82) is 0 Å². The average Bonchev–Trinajstić information content (AvgIpc) is 2.73. The van der Waals surface area contributed by atoms with E-state index >= 15 is 0 Å². The lowest BCUT2D eigenvalue weighted by molar-refractivity contribution is -0.139. The number of hydrogen-bond acceptors (Lipinski definition) is 3. The predicted octanol–water partition coefficient (Wildman–Crippen LogP) is 5.44. The molecule has 0 aliphatic rings. The standard InChI is InChI=1S/C23H17F3O5/c1-22(31-14-8-3-2-4-9-14,16-11-5-6-12-17(16)23(24,25)26)18-13-7-10-15(20(27)28)19(18)21(29)30/h2-13H,1H3,(H,27,28)(H,29,30)/t22-/m1/s1. The van der Waals surface area contributed by atoms with Gasteiger partial charge in [0.25, 0.3) is 0 Å². The van der Waals surface area contributed by atoms with Gasteiger partial charge >= 0.3 is 18.1 Å². The zero-order valence-corrected chi connectivity index (χ0v) is 16.2. The highest BCUT2D eigenvalue weighted by molar-refractivity contribution is 6.03. The Hall–Kier alpha value is -3.81. The molecule has 0 fully saturated rings. The van der Waals surface area contributed by atoms with Crippen molar-refractivity contribution in [3.8, 4) is 5.75 Å². The van der Waals surface area contributed by atoms with Gasteiger partial charge in [0.2, 0.25) is 0 Å². The van der Waals surface area contributed by atoms with Crippen molar-refractivity contribution in [3.63, 3.8) is 0 Å². The maximum atomic E-state index is 13.8. The molecule has 0 heterocycles. The van der Waals surface area contributed by atoms with Gasteiger partial charge in [-0.15, -0.1) is 0 Å². The van der Waals surface area contributed by atoms with E-state index in [1.165, 1.54) is 49.4 Å². The molecule has 160 valence electrons. The molecular formula is C23H17F3O5. The molecule has 0 bridgehead atoms. The first kappa shape index (κ1) is 21.9. The first-order valence-corrected chi connectivity index (χ1v) is 9.06. The first-order valence-electron chi connectivity index (χ1n) is 9.06. The number of benzene rings is 3. The van der Waals surface area contributed by atoms with Crippen LogP contribution < -0.4 is 4.74 Å². The minimum absolute atomic E-state index is 0.180. The summed E-state index contributed by atoms with van der Waals surface area (Å²) in [6.07, 6.45) is -4.76. The number of alkyl halides is 3. The molecule has 3 aromatic carbocycles. The summed E-state index contributed by atoms with van der Waals surface area (Å²) in [7, 11) is 0. The Balaban J connectivity index is 2.39. The second-order valence-electron chi connectivity index (χ2n) is 6.83. The zero-order valence-electron chi connectivity index (χ0n) is 16.2. The summed E-state index contributed by atoms with van der Waals surface area (Å²) in [5, 5.41) is 19.2. The van der Waals surface area contributed by atoms with Crippen molar-refractivity contribution in [2.75, 3.05) is 0 Å². The summed E-state index contributed by atoms with van der Waals surface area (Å²) in [6.45, 7) is 1.29. The van der Waals surface area contributed by atoms with Crippen LogP contribution in [-0.2, 0) is 11.8 Å². The lowest BCUT2D eigenvalue weighted by atomic mass is 9.81. The smallest absolute Gasteiger partial charge is 0.416 e. The number of carbonyl (C=O) groups is 2. The molecule has 31 heavy (non-hydrogen) atoms. The molecule has 5 nitrogen and oxygen atoms in total. The molecule has 3 aromatic rings. The maximum Gasteiger partial charge on any atom is 0.416 e. The molecule has 0 amide bonds. The van der Waals surface area contributed by atoms with E-state index in [1.807, 2.05) is 0 Å². The number of halogens is 3. The number of hydrogen-bond donors (Lipinski definition) is 2. The minimum atomic E-state index is -4.76. The first-order chi connectivity index (χ1) is 14.6. The van der Waals surface area contributed by atoms with Crippen LogP contribution in [0.2, 0.25) is 0 Å². The van der Waals surface area contributed by atoms with E-state index in [4.69, 9.17) is 4.74 Å². The van der Waals surface area contributed by atoms with Gasteiger partial charge in [-0.25, -0.2) is 9.59 Å². The summed E-state index contributed by atoms with van der Waals surface area (Å²) in [5.74, 6) is -2.94. The summed E-state index contributed by atoms with van der Waals surface area (Å²) in [5.41, 5.74) is -4.78. The van der Waals surface area contributed by atoms with E-state index in [9.17, 15) is 33.0 Å². The second kappa shape index (κ2) is 8.14. The van der Waals surface area contributed by atoms with Crippen molar-refractivity contribution in [2.45, 2.75) is 18.7 Å². The van der Waals surface area contributed by atoms with Gasteiger partial charge in [0.05, 0.1) is 16.7 Å². The van der Waals surface area contributed by atoms with Gasteiger partial charge in [0.1, 0.15) is 5.75 Å². The Bertz CT molecular complexity index is 1130. The summed E-state index contributed by atoms with van der Waals surface area (Å²) < 4.78 is 47.5. The highest BCUT2D eigenvalue weighted by Crippen LogP contribution is 2.43. The summed E-state index contributed by atoms with van der Waals surface area (Å²) >= 11 is 0. The van der Waals surface area contributed by atoms with Crippen molar-refractivity contribution in [1.82, 2.24) is 0 Å². The van der Waals surface area contributed by atoms with E-state index in [2.05, 4.69) is 0 Å². The van der Waals surface area contributed by atoms with Gasteiger partial charge in [-0.05, 0) is 31.2 Å². The van der Waals surface area contributed by atoms with Crippen LogP contribution in [0.25, 0.3) is 0 Å². The van der Waals surface area contributed by atoms with Crippen molar-refractivity contribution in [2.24, 2.45) is 0 Å². The van der Waals surface area contributed by atoms with Gasteiger partial charge in [0.15, 0.2) is 5.60 Å². The van der Waals surface area contributed by atoms with Gasteiger partial charge in [0, 0.05) is 11.1 Å². The molecule has 2 N–H and O–H groups in total. The van der Waals surface area contributed by atoms with E-state index in [0.717, 1.165) is 12.1 Å². The SMILES string of the molecule is C[C@@](Oc1ccccc1)(c1ccccc1C(F)(F)F)c1cccc(C(=O)O)c1C(=O)O. The number of para-hydroxylation sites is 1. The van der Waals surface area contributed by atoms with Crippen LogP contribution >= 0.6 is 0 Å². The average molecular weight is 430 g/mol. The summed E-state index contributed by atoms with van der Waals surface area (Å²) in [4.78, 5) is 23.7. The molecule has 0 saturated carbocycles. The van der Waals surface area contributed by atoms with Gasteiger partial charge in [-0.2, -0.15) is 13.2 Å². The molecule has 0 saturated heterocycles. The van der Waals surface area contributed by atoms with E-state index < -0.39 is 40.4 Å². The van der Waals surface area contributed by atoms with E-state index in [-0.39, 0.29) is 16.9 Å². The van der Waals surface area contributed by atoms with Crippen LogP contribution in [0, 0.1) is 0 Å². The largest absolute Gasteiger partial charge is 0.478 e. The Morgan fingerprint density at radius 2 is 1.29 bits per heavy atom. The summed E-state index contributed by atoms with van der Waals surface area (Å²) in [6, 6.07) is 16.2. The van der Waals surface area contributed by atoms with Crippen molar-refractivity contribution in [3.05, 3.63) is 101 Å². The Kier molecular flexibility index (Phi) is 5.75. The molecule has 0 radical (unpaired) electrons. The fourth-order valence-corrected chi connectivity index (χ4v) is 3.48. The number of ether oxygens (including phenoxy) is 1. The van der Waals surface area contributed by atoms with Crippen molar-refractivity contribution < 1.29 is 37.7 Å². The molecular weight excluding hydrogens is 413 g/mol. The predicted molar refractivity (Wildman–Crippen MR) is 105 cm³/mol. The normalized spacial score (nSPS) is 13.3. The van der Waals surface area contributed by atoms with E-state index in [1.54, 1.807) is 18.2 Å². The third kappa shape index (κ3) is 4.23. The van der Waals surface area contributed by atoms with E-state index in [0.29, 0.717) is 0 Å². The van der Waals surface area contributed by atoms with Crippen LogP contribution in [0.1, 0.15) is 44.3 Å². The quantitative estimate of drug-likeness (QED) is 0.544. The minimum Gasteiger partial charge on any atom is -0.478 e. The van der Waals surface area contributed by atoms with Crippen LogP contribution in [0.3, 0.4) is 0 Å². The monoisotopic (exact) mass is 430 g/mol.